The molecule has 10 nitrogen and oxygen atoms in total. The van der Waals surface area contributed by atoms with Crippen molar-refractivity contribution in [2.75, 3.05) is 33.1 Å². The highest BCUT2D eigenvalue weighted by atomic mass is 16.3. The zero-order valence-electron chi connectivity index (χ0n) is 20.3. The summed E-state index contributed by atoms with van der Waals surface area (Å²) in [6.07, 6.45) is -0.724. The molecule has 188 valence electrons. The number of aromatic hydroxyl groups is 1. The Balaban J connectivity index is 1.98. The molecule has 0 radical (unpaired) electrons. The molecule has 0 saturated heterocycles. The first kappa shape index (κ1) is 25.0. The average molecular weight is 487 g/mol. The third kappa shape index (κ3) is 3.27. The van der Waals surface area contributed by atoms with Crippen LogP contribution in [0.1, 0.15) is 39.6 Å². The maximum atomic E-state index is 13.7. The first-order valence-electron chi connectivity index (χ1n) is 11.4. The number of phenols is 1. The third-order valence-corrected chi connectivity index (χ3v) is 7.84. The number of benzene rings is 1. The minimum absolute atomic E-state index is 0.0698. The van der Waals surface area contributed by atoms with E-state index < -0.39 is 64.4 Å². The zero-order valence-corrected chi connectivity index (χ0v) is 20.3. The van der Waals surface area contributed by atoms with Gasteiger partial charge in [-0.25, -0.2) is 0 Å². The third-order valence-electron chi connectivity index (χ3n) is 7.84. The Morgan fingerprint density at radius 3 is 2.31 bits per heavy atom. The predicted octanol–water partition coefficient (Wildman–Crippen LogP) is 0.268. The number of anilines is 1. The lowest BCUT2D eigenvalue weighted by Gasteiger charge is -2.54. The highest BCUT2D eigenvalue weighted by molar-refractivity contribution is 6.17. The molecular formula is C25H30N2O8. The quantitative estimate of drug-likeness (QED) is 0.344. The Bertz CT molecular complexity index is 1190. The molecule has 4 rings (SSSR count). The van der Waals surface area contributed by atoms with Crippen molar-refractivity contribution in [3.8, 4) is 5.75 Å². The molecule has 2 unspecified atom stereocenters. The van der Waals surface area contributed by atoms with Gasteiger partial charge in [-0.3, -0.25) is 19.2 Å². The first-order chi connectivity index (χ1) is 16.3. The van der Waals surface area contributed by atoms with Crippen LogP contribution in [-0.4, -0.2) is 94.9 Å². The minimum atomic E-state index is -2.56. The fourth-order valence-corrected chi connectivity index (χ4v) is 6.29. The molecule has 10 heteroatoms. The van der Waals surface area contributed by atoms with E-state index in [0.29, 0.717) is 17.5 Å². The predicted molar refractivity (Wildman–Crippen MR) is 125 cm³/mol. The second-order valence-corrected chi connectivity index (χ2v) is 10.2. The number of hydrogen-bond acceptors (Lipinski definition) is 10. The molecule has 1 fully saturated rings. The normalized spacial score (nSPS) is 32.2. The summed E-state index contributed by atoms with van der Waals surface area (Å²) in [6.45, 7) is 1.13. The van der Waals surface area contributed by atoms with Crippen LogP contribution in [0.4, 0.5) is 5.69 Å². The number of likely N-dealkylation sites (N-methyl/N-ethyl adjacent to an activating group) is 1. The summed E-state index contributed by atoms with van der Waals surface area (Å²) in [5, 5.41) is 44.7. The Morgan fingerprint density at radius 1 is 1.17 bits per heavy atom. The molecule has 1 saturated carbocycles. The molecule has 1 aromatic carbocycles. The van der Waals surface area contributed by atoms with Crippen molar-refractivity contribution in [1.82, 2.24) is 4.90 Å². The number of nitrogens with zero attached hydrogens (tertiary/aromatic N) is 2. The highest BCUT2D eigenvalue weighted by Gasteiger charge is 2.65. The number of aliphatic hydroxyl groups excluding tert-OH is 2. The highest BCUT2D eigenvalue weighted by Crippen LogP contribution is 2.53. The number of fused-ring (bicyclic) bond motifs is 3. The van der Waals surface area contributed by atoms with Crippen LogP contribution < -0.4 is 4.90 Å². The Hall–Kier alpha value is -3.08. The number of carbonyl (C=O) groups is 4. The van der Waals surface area contributed by atoms with Gasteiger partial charge in [0.2, 0.25) is 0 Å². The van der Waals surface area contributed by atoms with Gasteiger partial charge < -0.3 is 30.2 Å². The average Bonchev–Trinajstić information content (AvgIpc) is 2.75. The van der Waals surface area contributed by atoms with E-state index in [1.54, 1.807) is 38.0 Å². The first-order valence-corrected chi connectivity index (χ1v) is 11.4. The smallest absolute Gasteiger partial charge is 0.196 e. The molecule has 4 N–H and O–H groups in total. The molecule has 3 aliphatic carbocycles. The van der Waals surface area contributed by atoms with Crippen molar-refractivity contribution in [2.45, 2.75) is 37.5 Å². The molecule has 6 atom stereocenters. The molecule has 0 aliphatic heterocycles. The van der Waals surface area contributed by atoms with Crippen LogP contribution in [0.3, 0.4) is 0 Å². The van der Waals surface area contributed by atoms with Crippen molar-refractivity contribution in [3.05, 3.63) is 34.1 Å². The van der Waals surface area contributed by atoms with Crippen LogP contribution >= 0.6 is 0 Å². The van der Waals surface area contributed by atoms with Crippen LogP contribution in [0.2, 0.25) is 0 Å². The zero-order chi connectivity index (χ0) is 26.1. The topological polar surface area (TPSA) is 156 Å². The summed E-state index contributed by atoms with van der Waals surface area (Å²) in [4.78, 5) is 54.2. The SMILES string of the molecule is CC(=O)C1C(=O)[C@@]2(O)C(O)=C3C(=O)c4c(O)c(C=O)cc(N(C)C)c4C[C@H]3C[C@H]2[C@H](N(C)C)C1O. The Morgan fingerprint density at radius 2 is 1.80 bits per heavy atom. The standard InChI is InChI=1S/C25H30N2O8/c1-10(29)16-22(32)19(27(4)5)14-7-11-6-13-15(26(2)3)8-12(9-28)20(30)18(13)21(31)17(11)24(34)25(14,35)23(16)33/h8-9,11,14,16,19,22,30,32,34-35H,6-7H2,1-5H3/t11-,14-,16?,19-,22?,25+/m0/s1. The number of phenolic OH excluding ortho intramolecular Hbond substituents is 1. The van der Waals surface area contributed by atoms with E-state index in [1.807, 2.05) is 0 Å². The summed E-state index contributed by atoms with van der Waals surface area (Å²) in [5.41, 5.74) is -2.01. The van der Waals surface area contributed by atoms with Crippen molar-refractivity contribution in [3.63, 3.8) is 0 Å². The number of Topliss-reactive ketones (excluding diaryl/α,β-unsaturated/α-hetero) is 3. The largest absolute Gasteiger partial charge is 0.508 e. The Labute approximate surface area is 202 Å². The van der Waals surface area contributed by atoms with Crippen molar-refractivity contribution in [1.29, 1.82) is 0 Å². The molecule has 0 bridgehead atoms. The van der Waals surface area contributed by atoms with E-state index in [-0.39, 0.29) is 29.5 Å². The summed E-state index contributed by atoms with van der Waals surface area (Å²) in [5.74, 6) is -7.09. The second kappa shape index (κ2) is 8.25. The minimum Gasteiger partial charge on any atom is -0.508 e. The van der Waals surface area contributed by atoms with E-state index in [4.69, 9.17) is 0 Å². The van der Waals surface area contributed by atoms with Gasteiger partial charge in [0.1, 0.15) is 23.2 Å². The number of aldehydes is 1. The lowest BCUT2D eigenvalue weighted by Crippen LogP contribution is -2.70. The van der Waals surface area contributed by atoms with Crippen LogP contribution in [0.25, 0.3) is 0 Å². The van der Waals surface area contributed by atoms with Gasteiger partial charge in [-0.1, -0.05) is 0 Å². The summed E-state index contributed by atoms with van der Waals surface area (Å²) in [6, 6.07) is 0.627. The van der Waals surface area contributed by atoms with Gasteiger partial charge in [0.15, 0.2) is 23.5 Å². The summed E-state index contributed by atoms with van der Waals surface area (Å²) in [7, 11) is 6.74. The number of allylic oxidation sites excluding steroid dienone is 1. The van der Waals surface area contributed by atoms with Gasteiger partial charge in [-0.2, -0.15) is 0 Å². The lowest BCUT2D eigenvalue weighted by atomic mass is 9.55. The molecule has 3 aliphatic rings. The van der Waals surface area contributed by atoms with E-state index in [1.165, 1.54) is 6.07 Å². The maximum Gasteiger partial charge on any atom is 0.196 e. The summed E-state index contributed by atoms with van der Waals surface area (Å²) >= 11 is 0. The second-order valence-electron chi connectivity index (χ2n) is 10.2. The molecule has 0 aromatic heterocycles. The van der Waals surface area contributed by atoms with Gasteiger partial charge in [-0.05, 0) is 51.4 Å². The fraction of sp³-hybridized carbons (Fsp3) is 0.520. The van der Waals surface area contributed by atoms with Crippen LogP contribution in [0.5, 0.6) is 5.75 Å². The molecule has 35 heavy (non-hydrogen) atoms. The van der Waals surface area contributed by atoms with Crippen molar-refractivity contribution >= 4 is 29.3 Å². The van der Waals surface area contributed by atoms with Gasteiger partial charge in [0.25, 0.3) is 0 Å². The van der Waals surface area contributed by atoms with Crippen LogP contribution in [-0.2, 0) is 16.0 Å². The van der Waals surface area contributed by atoms with Gasteiger partial charge in [0, 0.05) is 37.3 Å². The van der Waals surface area contributed by atoms with Crippen LogP contribution in [0.15, 0.2) is 17.4 Å². The Kier molecular flexibility index (Phi) is 5.90. The van der Waals surface area contributed by atoms with Gasteiger partial charge >= 0.3 is 0 Å². The number of rotatable bonds is 4. The van der Waals surface area contributed by atoms with E-state index in [2.05, 4.69) is 0 Å². The molecule has 0 spiro atoms. The monoisotopic (exact) mass is 486 g/mol. The van der Waals surface area contributed by atoms with Crippen molar-refractivity contribution in [2.24, 2.45) is 17.8 Å². The number of aliphatic hydroxyl groups is 3. The van der Waals surface area contributed by atoms with E-state index >= 15 is 0 Å². The molecule has 0 heterocycles. The van der Waals surface area contributed by atoms with E-state index in [9.17, 15) is 39.6 Å². The lowest BCUT2D eigenvalue weighted by molar-refractivity contribution is -0.178. The van der Waals surface area contributed by atoms with E-state index in [0.717, 1.165) is 6.92 Å². The number of hydrogen-bond donors (Lipinski definition) is 4. The molecule has 1 aromatic rings. The summed E-state index contributed by atoms with van der Waals surface area (Å²) < 4.78 is 0. The maximum absolute atomic E-state index is 13.7. The van der Waals surface area contributed by atoms with Gasteiger partial charge in [0.05, 0.1) is 17.2 Å². The van der Waals surface area contributed by atoms with Crippen molar-refractivity contribution < 1.29 is 39.6 Å². The molecule has 0 amide bonds. The fourth-order valence-electron chi connectivity index (χ4n) is 6.29. The van der Waals surface area contributed by atoms with Crippen LogP contribution in [0, 0.1) is 17.8 Å². The molecular weight excluding hydrogens is 456 g/mol. The van der Waals surface area contributed by atoms with Gasteiger partial charge in [-0.15, -0.1) is 0 Å². The number of ketones is 3. The number of carbonyl (C=O) groups excluding carboxylic acids is 4.